The summed E-state index contributed by atoms with van der Waals surface area (Å²) in [6.45, 7) is 0.603. The van der Waals surface area contributed by atoms with Gasteiger partial charge in [0.05, 0.1) is 0 Å². The molecule has 0 radical (unpaired) electrons. The van der Waals surface area contributed by atoms with E-state index in [1.165, 1.54) is 0 Å². The summed E-state index contributed by atoms with van der Waals surface area (Å²) in [7, 11) is 0. The van der Waals surface area contributed by atoms with Crippen LogP contribution in [0.2, 0.25) is 0 Å². The van der Waals surface area contributed by atoms with E-state index in [1.54, 1.807) is 18.0 Å². The molecule has 1 amide bonds. The molecule has 2 heterocycles. The second-order valence-electron chi connectivity index (χ2n) is 7.22. The zero-order valence-corrected chi connectivity index (χ0v) is 18.5. The molecule has 6 nitrogen and oxygen atoms in total. The highest BCUT2D eigenvalue weighted by molar-refractivity contribution is 7.99. The molecule has 2 aromatic carbocycles. The molecule has 162 valence electrons. The molecule has 0 aliphatic heterocycles. The van der Waals surface area contributed by atoms with Crippen LogP contribution < -0.4 is 5.32 Å². The summed E-state index contributed by atoms with van der Waals surface area (Å²) in [4.78, 5) is 16.4. The first-order chi connectivity index (χ1) is 15.8. The van der Waals surface area contributed by atoms with Gasteiger partial charge >= 0.3 is 0 Å². The maximum Gasteiger partial charge on any atom is 0.220 e. The Bertz CT molecular complexity index is 1120. The summed E-state index contributed by atoms with van der Waals surface area (Å²) in [6, 6.07) is 26.0. The van der Waals surface area contributed by atoms with E-state index in [0.717, 1.165) is 46.5 Å². The van der Waals surface area contributed by atoms with E-state index in [2.05, 4.69) is 37.2 Å². The molecule has 0 saturated heterocycles. The van der Waals surface area contributed by atoms with Gasteiger partial charge in [-0.2, -0.15) is 0 Å². The average Bonchev–Trinajstić information content (AvgIpc) is 3.27. The van der Waals surface area contributed by atoms with Crippen molar-refractivity contribution in [2.45, 2.75) is 24.4 Å². The quantitative estimate of drug-likeness (QED) is 0.287. The van der Waals surface area contributed by atoms with Crippen molar-refractivity contribution in [2.24, 2.45) is 0 Å². The minimum absolute atomic E-state index is 0.0658. The Labute approximate surface area is 192 Å². The van der Waals surface area contributed by atoms with Crippen LogP contribution in [0.15, 0.2) is 90.2 Å². The molecule has 0 aliphatic carbocycles. The number of carbonyl (C=O) groups is 1. The van der Waals surface area contributed by atoms with Gasteiger partial charge < -0.3 is 5.32 Å². The van der Waals surface area contributed by atoms with Gasteiger partial charge in [-0.15, -0.1) is 10.2 Å². The van der Waals surface area contributed by atoms with Gasteiger partial charge in [0.1, 0.15) is 0 Å². The van der Waals surface area contributed by atoms with Gasteiger partial charge in [-0.1, -0.05) is 66.4 Å². The summed E-state index contributed by atoms with van der Waals surface area (Å²) < 4.78 is 2.08. The van der Waals surface area contributed by atoms with Gasteiger partial charge in [-0.25, -0.2) is 0 Å². The van der Waals surface area contributed by atoms with Crippen molar-refractivity contribution in [3.8, 4) is 17.1 Å². The molecule has 4 aromatic rings. The standard InChI is InChI=1S/C25H25N5OS/c31-23(27-18-16-21-12-7-8-17-26-21)15-9-19-32-25-29-28-24(20-10-3-1-4-11-20)30(25)22-13-5-2-6-14-22/h1-8,10-14,17H,9,15-16,18-19H2,(H,27,31). The van der Waals surface area contributed by atoms with Gasteiger partial charge in [0, 0.05) is 48.3 Å². The van der Waals surface area contributed by atoms with Crippen LogP contribution in [0.25, 0.3) is 17.1 Å². The van der Waals surface area contributed by atoms with Crippen LogP contribution in [-0.4, -0.2) is 38.0 Å². The van der Waals surface area contributed by atoms with Crippen LogP contribution in [0.4, 0.5) is 0 Å². The lowest BCUT2D eigenvalue weighted by Crippen LogP contribution is -2.25. The first kappa shape index (κ1) is 21.8. The van der Waals surface area contributed by atoms with E-state index in [1.807, 2.05) is 66.7 Å². The Kier molecular flexibility index (Phi) is 7.65. The fourth-order valence-electron chi connectivity index (χ4n) is 3.31. The highest BCUT2D eigenvalue weighted by atomic mass is 32.2. The highest BCUT2D eigenvalue weighted by Gasteiger charge is 2.15. The number of rotatable bonds is 10. The number of pyridine rings is 1. The van der Waals surface area contributed by atoms with Crippen LogP contribution >= 0.6 is 11.8 Å². The molecule has 2 aromatic heterocycles. The molecule has 0 atom stereocenters. The van der Waals surface area contributed by atoms with Crippen LogP contribution in [0.1, 0.15) is 18.5 Å². The van der Waals surface area contributed by atoms with Gasteiger partial charge in [-0.05, 0) is 30.7 Å². The van der Waals surface area contributed by atoms with E-state index >= 15 is 0 Å². The van der Waals surface area contributed by atoms with Crippen molar-refractivity contribution in [1.82, 2.24) is 25.1 Å². The lowest BCUT2D eigenvalue weighted by atomic mass is 10.2. The monoisotopic (exact) mass is 443 g/mol. The predicted octanol–water partition coefficient (Wildman–Crippen LogP) is 4.56. The summed E-state index contributed by atoms with van der Waals surface area (Å²) in [5.41, 5.74) is 3.02. The van der Waals surface area contributed by atoms with Crippen molar-refractivity contribution in [2.75, 3.05) is 12.3 Å². The fourth-order valence-corrected chi connectivity index (χ4v) is 4.20. The number of para-hydroxylation sites is 1. The van der Waals surface area contributed by atoms with Gasteiger partial charge in [0.15, 0.2) is 11.0 Å². The summed E-state index contributed by atoms with van der Waals surface area (Å²) in [5.74, 6) is 1.66. The van der Waals surface area contributed by atoms with Crippen molar-refractivity contribution < 1.29 is 4.79 Å². The zero-order chi connectivity index (χ0) is 22.0. The molecule has 32 heavy (non-hydrogen) atoms. The van der Waals surface area contributed by atoms with E-state index < -0.39 is 0 Å². The van der Waals surface area contributed by atoms with Gasteiger partial charge in [0.25, 0.3) is 0 Å². The first-order valence-electron chi connectivity index (χ1n) is 10.7. The van der Waals surface area contributed by atoms with Crippen molar-refractivity contribution in [1.29, 1.82) is 0 Å². The molecule has 0 spiro atoms. The SMILES string of the molecule is O=C(CCCSc1nnc(-c2ccccc2)n1-c1ccccc1)NCCc1ccccn1. The topological polar surface area (TPSA) is 72.7 Å². The fraction of sp³-hybridized carbons (Fsp3) is 0.200. The minimum atomic E-state index is 0.0658. The van der Waals surface area contributed by atoms with Crippen LogP contribution in [0.5, 0.6) is 0 Å². The molecule has 0 bridgehead atoms. The van der Waals surface area contributed by atoms with Gasteiger partial charge in [0.2, 0.25) is 5.91 Å². The Morgan fingerprint density at radius 3 is 2.41 bits per heavy atom. The number of thioether (sulfide) groups is 1. The normalized spacial score (nSPS) is 10.8. The smallest absolute Gasteiger partial charge is 0.220 e. The largest absolute Gasteiger partial charge is 0.356 e. The van der Waals surface area contributed by atoms with Crippen molar-refractivity contribution in [3.05, 3.63) is 90.8 Å². The summed E-state index contributed by atoms with van der Waals surface area (Å²) in [5, 5.41) is 12.7. The third kappa shape index (κ3) is 5.82. The maximum absolute atomic E-state index is 12.1. The molecule has 0 fully saturated rings. The number of aromatic nitrogens is 4. The van der Waals surface area contributed by atoms with E-state index in [0.29, 0.717) is 13.0 Å². The molecule has 0 saturated carbocycles. The number of benzene rings is 2. The molecule has 1 N–H and O–H groups in total. The third-order valence-electron chi connectivity index (χ3n) is 4.89. The lowest BCUT2D eigenvalue weighted by Gasteiger charge is -2.10. The second-order valence-corrected chi connectivity index (χ2v) is 8.28. The third-order valence-corrected chi connectivity index (χ3v) is 5.90. The summed E-state index contributed by atoms with van der Waals surface area (Å²) >= 11 is 1.62. The maximum atomic E-state index is 12.1. The van der Waals surface area contributed by atoms with E-state index in [9.17, 15) is 4.79 Å². The molecule has 0 unspecified atom stereocenters. The predicted molar refractivity (Wildman–Crippen MR) is 128 cm³/mol. The molecule has 0 aliphatic rings. The van der Waals surface area contributed by atoms with Crippen molar-refractivity contribution in [3.63, 3.8) is 0 Å². The van der Waals surface area contributed by atoms with E-state index in [-0.39, 0.29) is 5.91 Å². The zero-order valence-electron chi connectivity index (χ0n) is 17.7. The second kappa shape index (κ2) is 11.2. The first-order valence-corrected chi connectivity index (χ1v) is 11.7. The molecular weight excluding hydrogens is 418 g/mol. The Morgan fingerprint density at radius 1 is 0.906 bits per heavy atom. The van der Waals surface area contributed by atoms with Crippen LogP contribution in [-0.2, 0) is 11.2 Å². The number of hydrogen-bond donors (Lipinski definition) is 1. The molecular formula is C25H25N5OS. The Balaban J connectivity index is 1.32. The van der Waals surface area contributed by atoms with Crippen LogP contribution in [0, 0.1) is 0 Å². The lowest BCUT2D eigenvalue weighted by molar-refractivity contribution is -0.121. The van der Waals surface area contributed by atoms with Crippen LogP contribution in [0.3, 0.4) is 0 Å². The minimum Gasteiger partial charge on any atom is -0.356 e. The number of amides is 1. The highest BCUT2D eigenvalue weighted by Crippen LogP contribution is 2.28. The molecule has 4 rings (SSSR count). The van der Waals surface area contributed by atoms with Gasteiger partial charge in [-0.3, -0.25) is 14.3 Å². The number of carbonyl (C=O) groups excluding carboxylic acids is 1. The number of nitrogens with one attached hydrogen (secondary N) is 1. The molecule has 7 heteroatoms. The van der Waals surface area contributed by atoms with Crippen molar-refractivity contribution >= 4 is 17.7 Å². The average molecular weight is 444 g/mol. The summed E-state index contributed by atoms with van der Waals surface area (Å²) in [6.07, 6.45) is 3.76. The van der Waals surface area contributed by atoms with E-state index in [4.69, 9.17) is 0 Å². The number of nitrogens with zero attached hydrogens (tertiary/aromatic N) is 4. The Morgan fingerprint density at radius 2 is 1.66 bits per heavy atom. The number of hydrogen-bond acceptors (Lipinski definition) is 5. The Hall–Kier alpha value is -3.45.